The highest BCUT2D eigenvalue weighted by Gasteiger charge is 2.52. The number of halogens is 3. The lowest BCUT2D eigenvalue weighted by Crippen LogP contribution is -2.73. The SMILES string of the molecule is C=CC(=O)N1CC2(CN(CCN3CC[C@H](Nc4nc(C)cc(C(F)(F)F)c4C#N)C(=O)N(C)c4ccccc43)C2)C1. The first-order valence-electron chi connectivity index (χ1n) is 13.5. The van der Waals surface area contributed by atoms with E-state index in [0.717, 1.165) is 44.5 Å². The fourth-order valence-corrected chi connectivity index (χ4v) is 6.11. The quantitative estimate of drug-likeness (QED) is 0.536. The summed E-state index contributed by atoms with van der Waals surface area (Å²) < 4.78 is 41.0. The highest BCUT2D eigenvalue weighted by atomic mass is 19.4. The Hall–Kier alpha value is -4.11. The van der Waals surface area contributed by atoms with Crippen LogP contribution in [0.2, 0.25) is 0 Å². The van der Waals surface area contributed by atoms with Gasteiger partial charge < -0.3 is 24.9 Å². The zero-order valence-electron chi connectivity index (χ0n) is 23.0. The van der Waals surface area contributed by atoms with Gasteiger partial charge in [0.25, 0.3) is 0 Å². The van der Waals surface area contributed by atoms with E-state index in [-0.39, 0.29) is 28.7 Å². The average molecular weight is 568 g/mol. The van der Waals surface area contributed by atoms with Gasteiger partial charge in [0.1, 0.15) is 23.5 Å². The minimum Gasteiger partial charge on any atom is -0.368 e. The van der Waals surface area contributed by atoms with Crippen LogP contribution in [-0.4, -0.2) is 85.5 Å². The smallest absolute Gasteiger partial charge is 0.368 e. The van der Waals surface area contributed by atoms with Crippen LogP contribution in [-0.2, 0) is 15.8 Å². The van der Waals surface area contributed by atoms with Crippen molar-refractivity contribution in [2.45, 2.75) is 25.6 Å². The molecule has 2 saturated heterocycles. The lowest BCUT2D eigenvalue weighted by Gasteiger charge is -2.60. The van der Waals surface area contributed by atoms with E-state index in [0.29, 0.717) is 25.2 Å². The van der Waals surface area contributed by atoms with E-state index < -0.39 is 23.3 Å². The normalized spacial score (nSPS) is 20.3. The third-order valence-electron chi connectivity index (χ3n) is 8.12. The van der Waals surface area contributed by atoms with Gasteiger partial charge in [-0.1, -0.05) is 18.7 Å². The zero-order valence-corrected chi connectivity index (χ0v) is 23.0. The van der Waals surface area contributed by atoms with Crippen LogP contribution in [0, 0.1) is 23.7 Å². The molecule has 0 aliphatic carbocycles. The second kappa shape index (κ2) is 10.7. The topological polar surface area (TPSA) is 95.8 Å². The number of nitriles is 1. The lowest BCUT2D eigenvalue weighted by molar-refractivity contribution is -0.153. The number of likely N-dealkylation sites (tertiary alicyclic amines) is 2. The molecule has 3 aliphatic heterocycles. The molecule has 1 aromatic carbocycles. The van der Waals surface area contributed by atoms with E-state index in [4.69, 9.17) is 0 Å². The Morgan fingerprint density at radius 1 is 1.22 bits per heavy atom. The molecule has 9 nitrogen and oxygen atoms in total. The molecule has 2 amide bonds. The highest BCUT2D eigenvalue weighted by molar-refractivity contribution is 6.01. The molecular formula is C29H32F3N7O2. The van der Waals surface area contributed by atoms with Crippen molar-refractivity contribution in [2.24, 2.45) is 5.41 Å². The summed E-state index contributed by atoms with van der Waals surface area (Å²) in [6.45, 7) is 10.2. The molecule has 0 unspecified atom stereocenters. The summed E-state index contributed by atoms with van der Waals surface area (Å²) in [6, 6.07) is 9.12. The van der Waals surface area contributed by atoms with Crippen molar-refractivity contribution in [3.05, 3.63) is 59.8 Å². The van der Waals surface area contributed by atoms with Gasteiger partial charge in [0.2, 0.25) is 11.8 Å². The summed E-state index contributed by atoms with van der Waals surface area (Å²) in [4.78, 5) is 37.3. The van der Waals surface area contributed by atoms with Gasteiger partial charge in [-0.25, -0.2) is 4.98 Å². The molecule has 1 aromatic heterocycles. The van der Waals surface area contributed by atoms with Gasteiger partial charge in [0, 0.05) is 64.0 Å². The van der Waals surface area contributed by atoms with Gasteiger partial charge in [0.05, 0.1) is 16.9 Å². The third-order valence-corrected chi connectivity index (χ3v) is 8.12. The first-order chi connectivity index (χ1) is 19.4. The minimum absolute atomic E-state index is 0.0365. The number of hydrogen-bond acceptors (Lipinski definition) is 7. The molecule has 2 aromatic rings. The molecule has 12 heteroatoms. The number of likely N-dealkylation sites (N-methyl/N-ethyl adjacent to an activating group) is 1. The van der Waals surface area contributed by atoms with E-state index >= 15 is 0 Å². The van der Waals surface area contributed by atoms with Crippen molar-refractivity contribution in [3.8, 4) is 6.07 Å². The molecule has 1 N–H and O–H groups in total. The van der Waals surface area contributed by atoms with Crippen molar-refractivity contribution in [1.29, 1.82) is 5.26 Å². The average Bonchev–Trinajstić information content (AvgIpc) is 2.89. The van der Waals surface area contributed by atoms with Crippen LogP contribution in [0.15, 0.2) is 43.0 Å². The molecule has 0 bridgehead atoms. The molecule has 3 aliphatic rings. The second-order valence-electron chi connectivity index (χ2n) is 11.1. The fourth-order valence-electron chi connectivity index (χ4n) is 6.11. The number of nitrogens with one attached hydrogen (secondary N) is 1. The van der Waals surface area contributed by atoms with E-state index in [9.17, 15) is 28.0 Å². The molecule has 0 saturated carbocycles. The number of aromatic nitrogens is 1. The number of alkyl halides is 3. The number of nitrogens with zero attached hydrogens (tertiary/aromatic N) is 6. The predicted octanol–water partition coefficient (Wildman–Crippen LogP) is 3.26. The van der Waals surface area contributed by atoms with Gasteiger partial charge in [-0.15, -0.1) is 0 Å². The molecular weight excluding hydrogens is 535 g/mol. The number of carbonyl (C=O) groups excluding carboxylic acids is 2. The monoisotopic (exact) mass is 567 g/mol. The number of rotatable bonds is 6. The third kappa shape index (κ3) is 5.46. The predicted molar refractivity (Wildman–Crippen MR) is 148 cm³/mol. The summed E-state index contributed by atoms with van der Waals surface area (Å²) >= 11 is 0. The van der Waals surface area contributed by atoms with Gasteiger partial charge in [-0.05, 0) is 37.6 Å². The van der Waals surface area contributed by atoms with Crippen LogP contribution in [0.3, 0.4) is 0 Å². The largest absolute Gasteiger partial charge is 0.417 e. The molecule has 5 rings (SSSR count). The molecule has 41 heavy (non-hydrogen) atoms. The van der Waals surface area contributed by atoms with E-state index in [1.54, 1.807) is 18.0 Å². The Bertz CT molecular complexity index is 1410. The van der Waals surface area contributed by atoms with Gasteiger partial charge >= 0.3 is 6.18 Å². The maximum absolute atomic E-state index is 13.7. The maximum Gasteiger partial charge on any atom is 0.417 e. The Balaban J connectivity index is 1.32. The van der Waals surface area contributed by atoms with Crippen molar-refractivity contribution in [1.82, 2.24) is 14.8 Å². The summed E-state index contributed by atoms with van der Waals surface area (Å²) in [5.74, 6) is -0.612. The van der Waals surface area contributed by atoms with Crippen molar-refractivity contribution >= 4 is 29.0 Å². The molecule has 1 atom stereocenters. The number of hydrogen-bond donors (Lipinski definition) is 1. The lowest BCUT2D eigenvalue weighted by atomic mass is 9.73. The Morgan fingerprint density at radius 3 is 2.54 bits per heavy atom. The van der Waals surface area contributed by atoms with Crippen molar-refractivity contribution in [3.63, 3.8) is 0 Å². The van der Waals surface area contributed by atoms with Crippen LogP contribution < -0.4 is 15.1 Å². The Labute approximate surface area is 236 Å². The van der Waals surface area contributed by atoms with Crippen LogP contribution in [0.25, 0.3) is 0 Å². The first kappa shape index (κ1) is 28.4. The van der Waals surface area contributed by atoms with Crippen LogP contribution in [0.4, 0.5) is 30.4 Å². The van der Waals surface area contributed by atoms with E-state index in [2.05, 4.69) is 26.7 Å². The Morgan fingerprint density at radius 2 is 1.90 bits per heavy atom. The van der Waals surface area contributed by atoms with Crippen LogP contribution >= 0.6 is 0 Å². The Kier molecular flexibility index (Phi) is 7.42. The number of amides is 2. The van der Waals surface area contributed by atoms with E-state index in [1.165, 1.54) is 17.9 Å². The van der Waals surface area contributed by atoms with Gasteiger partial charge in [0.15, 0.2) is 0 Å². The second-order valence-corrected chi connectivity index (χ2v) is 11.1. The number of aryl methyl sites for hydroxylation is 1. The van der Waals surface area contributed by atoms with Crippen molar-refractivity contribution < 1.29 is 22.8 Å². The van der Waals surface area contributed by atoms with Crippen molar-refractivity contribution in [2.75, 3.05) is 68.0 Å². The number of para-hydroxylation sites is 2. The fraction of sp³-hybridized carbons (Fsp3) is 0.448. The zero-order chi connectivity index (χ0) is 29.5. The van der Waals surface area contributed by atoms with E-state index in [1.807, 2.05) is 24.3 Å². The molecule has 4 heterocycles. The van der Waals surface area contributed by atoms with Crippen LogP contribution in [0.5, 0.6) is 0 Å². The minimum atomic E-state index is -4.74. The number of anilines is 3. The summed E-state index contributed by atoms with van der Waals surface area (Å²) in [5, 5.41) is 12.5. The molecule has 216 valence electrons. The molecule has 1 spiro atoms. The first-order valence-corrected chi connectivity index (χ1v) is 13.5. The number of carbonyl (C=O) groups is 2. The highest BCUT2D eigenvalue weighted by Crippen LogP contribution is 2.40. The summed E-state index contributed by atoms with van der Waals surface area (Å²) in [7, 11) is 1.64. The standard InChI is InChI=1S/C29H32F3N7O2/c1-4-25(40)39-17-28(18-39)15-37(16-28)11-12-38-10-9-22(27(41)36(3)23-7-5-6-8-24(23)38)35-26-20(14-33)21(29(30,31)32)13-19(2)34-26/h4-8,13,22H,1,9-12,15-18H2,2-3H3,(H,34,35)/t22-/m0/s1. The molecule has 0 radical (unpaired) electrons. The maximum atomic E-state index is 13.7. The number of fused-ring (bicyclic) bond motifs is 1. The van der Waals surface area contributed by atoms with Gasteiger partial charge in [-0.2, -0.15) is 18.4 Å². The van der Waals surface area contributed by atoms with Crippen LogP contribution in [0.1, 0.15) is 23.2 Å². The summed E-state index contributed by atoms with van der Waals surface area (Å²) in [6.07, 6.45) is -3.10. The number of benzene rings is 1. The summed E-state index contributed by atoms with van der Waals surface area (Å²) in [5.41, 5.74) is 0.124. The van der Waals surface area contributed by atoms with Gasteiger partial charge in [-0.3, -0.25) is 9.59 Å². The molecule has 2 fully saturated rings. The number of pyridine rings is 1.